The van der Waals surface area contributed by atoms with Crippen LogP contribution in [-0.2, 0) is 4.79 Å². The number of furan rings is 1. The molecule has 0 spiro atoms. The van der Waals surface area contributed by atoms with Crippen molar-refractivity contribution in [2.45, 2.75) is 32.7 Å². The van der Waals surface area contributed by atoms with Crippen molar-refractivity contribution >= 4 is 28.4 Å². The van der Waals surface area contributed by atoms with Crippen LogP contribution in [-0.4, -0.2) is 43.6 Å². The predicted molar refractivity (Wildman–Crippen MR) is 127 cm³/mol. The number of aromatic nitrogens is 3. The van der Waals surface area contributed by atoms with E-state index >= 15 is 0 Å². The zero-order chi connectivity index (χ0) is 24.0. The lowest BCUT2D eigenvalue weighted by atomic mass is 10.0. The highest BCUT2D eigenvalue weighted by atomic mass is 16.6. The van der Waals surface area contributed by atoms with Gasteiger partial charge in [0.05, 0.1) is 17.2 Å². The molecule has 34 heavy (non-hydrogen) atoms. The fourth-order valence-corrected chi connectivity index (χ4v) is 4.62. The van der Waals surface area contributed by atoms with E-state index in [2.05, 4.69) is 10.1 Å². The maximum absolute atomic E-state index is 11.6. The van der Waals surface area contributed by atoms with Gasteiger partial charge in [0.1, 0.15) is 5.76 Å². The number of amides is 1. The largest absolute Gasteiger partial charge is 0.452 e. The lowest BCUT2D eigenvalue weighted by Crippen LogP contribution is -2.37. The zero-order valence-corrected chi connectivity index (χ0v) is 18.9. The number of hydrogen-bond donors (Lipinski definition) is 1. The monoisotopic (exact) mass is 460 g/mol. The summed E-state index contributed by atoms with van der Waals surface area (Å²) in [5.74, 6) is 0.836. The van der Waals surface area contributed by atoms with Crippen molar-refractivity contribution in [2.24, 2.45) is 0 Å². The highest BCUT2D eigenvalue weighted by Crippen LogP contribution is 2.39. The number of nitrogens with two attached hydrogens (primary N) is 1. The summed E-state index contributed by atoms with van der Waals surface area (Å²) in [6.07, 6.45) is 7.15. The van der Waals surface area contributed by atoms with Crippen LogP contribution in [0.3, 0.4) is 0 Å². The minimum Gasteiger partial charge on any atom is -0.452 e. The first-order chi connectivity index (χ1) is 16.3. The second-order valence-electron chi connectivity index (χ2n) is 8.56. The molecule has 3 aromatic heterocycles. The van der Waals surface area contributed by atoms with Crippen molar-refractivity contribution in [1.82, 2.24) is 19.7 Å². The molecule has 1 saturated heterocycles. The van der Waals surface area contributed by atoms with Crippen LogP contribution in [0.4, 0.5) is 11.5 Å². The predicted octanol–water partition coefficient (Wildman–Crippen LogP) is 4.34. The van der Waals surface area contributed by atoms with Gasteiger partial charge in [-0.15, -0.1) is 0 Å². The summed E-state index contributed by atoms with van der Waals surface area (Å²) in [7, 11) is 0. The number of nitro benzene ring substituents is 1. The van der Waals surface area contributed by atoms with E-state index in [0.717, 1.165) is 42.4 Å². The van der Waals surface area contributed by atoms with Crippen LogP contribution in [0.25, 0.3) is 33.4 Å². The molecule has 5 rings (SSSR count). The number of anilines is 1. The van der Waals surface area contributed by atoms with Gasteiger partial charge < -0.3 is 15.1 Å². The number of benzene rings is 1. The summed E-state index contributed by atoms with van der Waals surface area (Å²) < 4.78 is 7.99. The number of carbonyl (C=O) groups excluding carboxylic acids is 1. The highest BCUT2D eigenvalue weighted by molar-refractivity contribution is 6.00. The molecule has 10 nitrogen and oxygen atoms in total. The molecular weight excluding hydrogens is 436 g/mol. The van der Waals surface area contributed by atoms with E-state index in [1.807, 2.05) is 21.8 Å². The molecule has 174 valence electrons. The second-order valence-corrected chi connectivity index (χ2v) is 8.56. The van der Waals surface area contributed by atoms with Crippen molar-refractivity contribution in [3.8, 4) is 22.5 Å². The van der Waals surface area contributed by atoms with Crippen molar-refractivity contribution in [3.63, 3.8) is 0 Å². The molecule has 0 atom stereocenters. The molecule has 0 unspecified atom stereocenters. The minimum atomic E-state index is -0.405. The number of fused-ring (bicyclic) bond motifs is 1. The Hall–Kier alpha value is -4.21. The van der Waals surface area contributed by atoms with Crippen molar-refractivity contribution in [3.05, 3.63) is 58.5 Å². The fraction of sp³-hybridized carbons (Fsp3) is 0.292. The topological polar surface area (TPSA) is 133 Å². The van der Waals surface area contributed by atoms with Gasteiger partial charge >= 0.3 is 0 Å². The van der Waals surface area contributed by atoms with E-state index in [-0.39, 0.29) is 23.5 Å². The molecule has 4 aromatic rings. The van der Waals surface area contributed by atoms with Gasteiger partial charge in [0.2, 0.25) is 5.91 Å². The minimum absolute atomic E-state index is 0.0290. The Morgan fingerprint density at radius 3 is 2.71 bits per heavy atom. The number of nitrogen functional groups attached to an aromatic ring is 1. The quantitative estimate of drug-likeness (QED) is 0.354. The van der Waals surface area contributed by atoms with E-state index in [0.29, 0.717) is 22.5 Å². The standard InChI is InChI=1S/C24H24N6O4/c1-14-18(4-3-5-21(14)30(32)33)22-10-19-20(12-26-24(25)23(19)34-22)16-11-27-29(13-16)17-6-8-28(9-7-17)15(2)31/h3-5,10-13,17H,6-9H2,1-2H3,(H2,25,26). The maximum Gasteiger partial charge on any atom is 0.273 e. The number of piperidine rings is 1. The zero-order valence-electron chi connectivity index (χ0n) is 18.9. The molecule has 1 amide bonds. The Morgan fingerprint density at radius 2 is 2.00 bits per heavy atom. The first-order valence-electron chi connectivity index (χ1n) is 11.1. The number of likely N-dealkylation sites (tertiary alicyclic amines) is 1. The summed E-state index contributed by atoms with van der Waals surface area (Å²) in [4.78, 5) is 28.7. The number of nitro groups is 1. The van der Waals surface area contributed by atoms with Crippen molar-refractivity contribution in [1.29, 1.82) is 0 Å². The van der Waals surface area contributed by atoms with Gasteiger partial charge in [0, 0.05) is 66.1 Å². The average molecular weight is 460 g/mol. The highest BCUT2D eigenvalue weighted by Gasteiger charge is 2.24. The third-order valence-electron chi connectivity index (χ3n) is 6.55. The molecule has 1 aliphatic rings. The second kappa shape index (κ2) is 8.29. The molecule has 4 heterocycles. The van der Waals surface area contributed by atoms with Crippen LogP contribution in [0, 0.1) is 17.0 Å². The van der Waals surface area contributed by atoms with Crippen LogP contribution < -0.4 is 5.73 Å². The van der Waals surface area contributed by atoms with Crippen LogP contribution >= 0.6 is 0 Å². The number of carbonyl (C=O) groups is 1. The van der Waals surface area contributed by atoms with Crippen LogP contribution in [0.5, 0.6) is 0 Å². The molecule has 1 fully saturated rings. The third-order valence-corrected chi connectivity index (χ3v) is 6.55. The number of rotatable bonds is 4. The average Bonchev–Trinajstić information content (AvgIpc) is 3.48. The van der Waals surface area contributed by atoms with E-state index in [1.165, 1.54) is 6.07 Å². The molecule has 0 saturated carbocycles. The van der Waals surface area contributed by atoms with Crippen LogP contribution in [0.2, 0.25) is 0 Å². The molecule has 0 aliphatic carbocycles. The van der Waals surface area contributed by atoms with Crippen molar-refractivity contribution < 1.29 is 14.1 Å². The summed E-state index contributed by atoms with van der Waals surface area (Å²) >= 11 is 0. The van der Waals surface area contributed by atoms with Gasteiger partial charge in [-0.25, -0.2) is 4.98 Å². The molecule has 1 aliphatic heterocycles. The van der Waals surface area contributed by atoms with Crippen molar-refractivity contribution in [2.75, 3.05) is 18.8 Å². The van der Waals surface area contributed by atoms with Gasteiger partial charge in [0.25, 0.3) is 5.69 Å². The Bertz CT molecular complexity index is 1410. The summed E-state index contributed by atoms with van der Waals surface area (Å²) in [5, 5.41) is 16.7. The lowest BCUT2D eigenvalue weighted by Gasteiger charge is -2.31. The molecule has 10 heteroatoms. The Kier molecular flexibility index (Phi) is 5.27. The molecule has 2 N–H and O–H groups in total. The van der Waals surface area contributed by atoms with E-state index in [1.54, 1.807) is 38.4 Å². The molecule has 1 aromatic carbocycles. The molecule has 0 bridgehead atoms. The van der Waals surface area contributed by atoms with Gasteiger partial charge in [-0.3, -0.25) is 19.6 Å². The number of hydrogen-bond acceptors (Lipinski definition) is 7. The Labute approximate surface area is 195 Å². The summed E-state index contributed by atoms with van der Waals surface area (Å²) in [6.45, 7) is 4.73. The van der Waals surface area contributed by atoms with E-state index in [9.17, 15) is 14.9 Å². The van der Waals surface area contributed by atoms with Gasteiger partial charge in [-0.05, 0) is 25.8 Å². The molecular formula is C24H24N6O4. The molecule has 0 radical (unpaired) electrons. The van der Waals surface area contributed by atoms with Crippen LogP contribution in [0.1, 0.15) is 31.4 Å². The number of nitrogens with zero attached hydrogens (tertiary/aromatic N) is 5. The fourth-order valence-electron chi connectivity index (χ4n) is 4.62. The van der Waals surface area contributed by atoms with Crippen LogP contribution in [0.15, 0.2) is 47.3 Å². The van der Waals surface area contributed by atoms with E-state index in [4.69, 9.17) is 10.2 Å². The Balaban J connectivity index is 1.51. The number of pyridine rings is 1. The Morgan fingerprint density at radius 1 is 1.24 bits per heavy atom. The maximum atomic E-state index is 11.6. The normalized spacial score (nSPS) is 14.6. The summed E-state index contributed by atoms with van der Waals surface area (Å²) in [5.41, 5.74) is 9.40. The van der Waals surface area contributed by atoms with Gasteiger partial charge in [-0.2, -0.15) is 5.10 Å². The van der Waals surface area contributed by atoms with Gasteiger partial charge in [0.15, 0.2) is 11.4 Å². The first-order valence-corrected chi connectivity index (χ1v) is 11.1. The van der Waals surface area contributed by atoms with Gasteiger partial charge in [-0.1, -0.05) is 12.1 Å². The summed E-state index contributed by atoms with van der Waals surface area (Å²) in [6, 6.07) is 6.95. The first kappa shape index (κ1) is 21.6. The SMILES string of the molecule is CC(=O)N1CCC(n2cc(-c3cnc(N)c4oc(-c5cccc([N+](=O)[O-])c5C)cc34)cn2)CC1. The van der Waals surface area contributed by atoms with E-state index < -0.39 is 4.92 Å². The third kappa shape index (κ3) is 3.66. The smallest absolute Gasteiger partial charge is 0.273 e. The lowest BCUT2D eigenvalue weighted by molar-refractivity contribution is -0.385.